The molecule has 0 aliphatic heterocycles. The maximum Gasteiger partial charge on any atom is 0.246 e. The highest BCUT2D eigenvalue weighted by Crippen LogP contribution is 2.24. The minimum Gasteiger partial charge on any atom is -0.395 e. The van der Waals surface area contributed by atoms with Gasteiger partial charge in [-0.1, -0.05) is 43.1 Å². The van der Waals surface area contributed by atoms with Crippen LogP contribution in [0, 0.1) is 6.92 Å². The summed E-state index contributed by atoms with van der Waals surface area (Å²) in [5.74, 6) is -0.134. The van der Waals surface area contributed by atoms with E-state index in [-0.39, 0.29) is 12.5 Å². The number of benzene rings is 1. The number of aliphatic hydroxyl groups is 1. The molecule has 1 aromatic heterocycles. The number of halogens is 1. The summed E-state index contributed by atoms with van der Waals surface area (Å²) in [5.41, 5.74) is 2.34. The van der Waals surface area contributed by atoms with Crippen LogP contribution in [0.25, 0.3) is 11.8 Å². The Morgan fingerprint density at radius 2 is 2.04 bits per heavy atom. The van der Waals surface area contributed by atoms with Crippen molar-refractivity contribution in [2.24, 2.45) is 0 Å². The first-order chi connectivity index (χ1) is 12.1. The number of nitrogens with zero attached hydrogens (tertiary/aromatic N) is 3. The van der Waals surface area contributed by atoms with E-state index in [0.717, 1.165) is 29.8 Å². The van der Waals surface area contributed by atoms with Gasteiger partial charge in [0.2, 0.25) is 5.91 Å². The van der Waals surface area contributed by atoms with Gasteiger partial charge < -0.3 is 10.0 Å². The summed E-state index contributed by atoms with van der Waals surface area (Å²) in [5, 5.41) is 14.1. The number of hydrogen-bond donors (Lipinski definition) is 1. The van der Waals surface area contributed by atoms with Crippen LogP contribution in [0.2, 0.25) is 5.15 Å². The molecule has 5 nitrogen and oxygen atoms in total. The van der Waals surface area contributed by atoms with Gasteiger partial charge in [0.05, 0.1) is 18.0 Å². The van der Waals surface area contributed by atoms with Gasteiger partial charge in [-0.15, -0.1) is 0 Å². The van der Waals surface area contributed by atoms with Gasteiger partial charge >= 0.3 is 0 Å². The number of aliphatic hydroxyl groups excluding tert-OH is 1. The monoisotopic (exact) mass is 361 g/mol. The van der Waals surface area contributed by atoms with E-state index in [1.807, 2.05) is 37.3 Å². The van der Waals surface area contributed by atoms with Crippen molar-refractivity contribution in [3.8, 4) is 5.69 Å². The largest absolute Gasteiger partial charge is 0.395 e. The number of rotatable bonds is 8. The standard InChI is InChI=1S/C19H24ClN3O2/c1-3-4-12-22(13-14-24)18(25)11-10-17-15(2)21-23(19(17)20)16-8-6-5-7-9-16/h5-11,24H,3-4,12-14H2,1-2H3/b11-10+. The molecule has 0 radical (unpaired) electrons. The topological polar surface area (TPSA) is 58.4 Å². The summed E-state index contributed by atoms with van der Waals surface area (Å²) in [7, 11) is 0. The fraction of sp³-hybridized carbons (Fsp3) is 0.368. The van der Waals surface area contributed by atoms with Crippen LogP contribution in [0.1, 0.15) is 31.0 Å². The molecule has 1 amide bonds. The third kappa shape index (κ3) is 4.94. The zero-order valence-corrected chi connectivity index (χ0v) is 15.4. The van der Waals surface area contributed by atoms with E-state index in [9.17, 15) is 4.79 Å². The molecule has 0 atom stereocenters. The molecule has 2 aromatic rings. The van der Waals surface area contributed by atoms with Crippen molar-refractivity contribution >= 4 is 23.6 Å². The second-order valence-corrected chi connectivity index (χ2v) is 6.13. The first-order valence-corrected chi connectivity index (χ1v) is 8.84. The van der Waals surface area contributed by atoms with E-state index in [2.05, 4.69) is 12.0 Å². The normalized spacial score (nSPS) is 11.2. The fourth-order valence-corrected chi connectivity index (χ4v) is 2.84. The van der Waals surface area contributed by atoms with Crippen molar-refractivity contribution in [3.63, 3.8) is 0 Å². The van der Waals surface area contributed by atoms with Gasteiger partial charge in [0.25, 0.3) is 0 Å². The van der Waals surface area contributed by atoms with E-state index in [1.54, 1.807) is 15.7 Å². The van der Waals surface area contributed by atoms with Gasteiger partial charge in [-0.25, -0.2) is 4.68 Å². The Kier molecular flexibility index (Phi) is 7.22. The molecule has 0 aliphatic carbocycles. The summed E-state index contributed by atoms with van der Waals surface area (Å²) in [4.78, 5) is 14.0. The molecular formula is C19H24ClN3O2. The predicted octanol–water partition coefficient (Wildman–Crippen LogP) is 3.47. The van der Waals surface area contributed by atoms with Crippen molar-refractivity contribution in [2.45, 2.75) is 26.7 Å². The molecule has 134 valence electrons. The van der Waals surface area contributed by atoms with Crippen LogP contribution < -0.4 is 0 Å². The van der Waals surface area contributed by atoms with E-state index >= 15 is 0 Å². The highest BCUT2D eigenvalue weighted by Gasteiger charge is 2.14. The molecule has 0 unspecified atom stereocenters. The van der Waals surface area contributed by atoms with Crippen LogP contribution in [-0.2, 0) is 4.79 Å². The van der Waals surface area contributed by atoms with E-state index in [0.29, 0.717) is 18.2 Å². The van der Waals surface area contributed by atoms with Crippen molar-refractivity contribution in [1.82, 2.24) is 14.7 Å². The minimum absolute atomic E-state index is 0.0466. The van der Waals surface area contributed by atoms with Gasteiger partial charge in [-0.3, -0.25) is 4.79 Å². The SMILES string of the molecule is CCCCN(CCO)C(=O)/C=C/c1c(C)nn(-c2ccccc2)c1Cl. The molecule has 2 rings (SSSR count). The van der Waals surface area contributed by atoms with Gasteiger partial charge in [0.15, 0.2) is 0 Å². The fourth-order valence-electron chi connectivity index (χ4n) is 2.50. The second-order valence-electron chi connectivity index (χ2n) is 5.77. The van der Waals surface area contributed by atoms with Gasteiger partial charge in [0, 0.05) is 24.7 Å². The van der Waals surface area contributed by atoms with Crippen molar-refractivity contribution in [2.75, 3.05) is 19.7 Å². The summed E-state index contributed by atoms with van der Waals surface area (Å²) < 4.78 is 1.66. The Hall–Kier alpha value is -2.11. The summed E-state index contributed by atoms with van der Waals surface area (Å²) in [6, 6.07) is 9.61. The lowest BCUT2D eigenvalue weighted by Gasteiger charge is -2.19. The first kappa shape index (κ1) is 19.2. The van der Waals surface area contributed by atoms with Crippen molar-refractivity contribution < 1.29 is 9.90 Å². The first-order valence-electron chi connectivity index (χ1n) is 8.46. The van der Waals surface area contributed by atoms with Gasteiger partial charge in [0.1, 0.15) is 5.15 Å². The van der Waals surface area contributed by atoms with E-state index in [4.69, 9.17) is 16.7 Å². The zero-order valence-electron chi connectivity index (χ0n) is 14.7. The molecule has 1 aromatic carbocycles. The van der Waals surface area contributed by atoms with Crippen molar-refractivity contribution in [3.05, 3.63) is 52.8 Å². The Bertz CT molecular complexity index is 726. The lowest BCUT2D eigenvalue weighted by Crippen LogP contribution is -2.33. The van der Waals surface area contributed by atoms with E-state index in [1.165, 1.54) is 6.08 Å². The predicted molar refractivity (Wildman–Crippen MR) is 101 cm³/mol. The number of unbranched alkanes of at least 4 members (excludes halogenated alkanes) is 1. The Balaban J connectivity index is 2.20. The van der Waals surface area contributed by atoms with Crippen LogP contribution >= 0.6 is 11.6 Å². The van der Waals surface area contributed by atoms with Gasteiger partial charge in [-0.2, -0.15) is 5.10 Å². The van der Waals surface area contributed by atoms with Gasteiger partial charge in [-0.05, 0) is 31.6 Å². The minimum atomic E-state index is -0.134. The average Bonchev–Trinajstić information content (AvgIpc) is 2.91. The van der Waals surface area contributed by atoms with Crippen LogP contribution in [0.3, 0.4) is 0 Å². The summed E-state index contributed by atoms with van der Waals surface area (Å²) in [6.07, 6.45) is 5.10. The maximum atomic E-state index is 12.4. The smallest absolute Gasteiger partial charge is 0.246 e. The zero-order chi connectivity index (χ0) is 18.2. The van der Waals surface area contributed by atoms with Crippen molar-refractivity contribution in [1.29, 1.82) is 0 Å². The maximum absolute atomic E-state index is 12.4. The molecule has 0 aliphatic rings. The third-order valence-corrected chi connectivity index (χ3v) is 4.27. The number of aromatic nitrogens is 2. The molecule has 0 bridgehead atoms. The van der Waals surface area contributed by atoms with Crippen LogP contribution in [-0.4, -0.2) is 45.4 Å². The third-order valence-electron chi connectivity index (χ3n) is 3.90. The Morgan fingerprint density at radius 1 is 1.32 bits per heavy atom. The van der Waals surface area contributed by atoms with Crippen LogP contribution in [0.5, 0.6) is 0 Å². The van der Waals surface area contributed by atoms with Crippen LogP contribution in [0.15, 0.2) is 36.4 Å². The number of carbonyl (C=O) groups excluding carboxylic acids is 1. The highest BCUT2D eigenvalue weighted by molar-refractivity contribution is 6.31. The molecule has 0 spiro atoms. The number of aryl methyl sites for hydroxylation is 1. The number of para-hydroxylation sites is 1. The second kappa shape index (κ2) is 9.39. The molecule has 6 heteroatoms. The lowest BCUT2D eigenvalue weighted by molar-refractivity contribution is -0.126. The molecule has 0 saturated heterocycles. The average molecular weight is 362 g/mol. The molecule has 1 heterocycles. The number of carbonyl (C=O) groups is 1. The quantitative estimate of drug-likeness (QED) is 0.732. The highest BCUT2D eigenvalue weighted by atomic mass is 35.5. The summed E-state index contributed by atoms with van der Waals surface area (Å²) >= 11 is 6.46. The molecule has 25 heavy (non-hydrogen) atoms. The lowest BCUT2D eigenvalue weighted by atomic mass is 10.2. The molecule has 0 fully saturated rings. The number of hydrogen-bond acceptors (Lipinski definition) is 3. The summed E-state index contributed by atoms with van der Waals surface area (Å²) in [6.45, 7) is 4.85. The number of amides is 1. The Morgan fingerprint density at radius 3 is 2.68 bits per heavy atom. The van der Waals surface area contributed by atoms with Crippen LogP contribution in [0.4, 0.5) is 0 Å². The molecule has 0 saturated carbocycles. The Labute approximate surface area is 153 Å². The molecular weight excluding hydrogens is 338 g/mol. The van der Waals surface area contributed by atoms with E-state index < -0.39 is 0 Å². The molecule has 1 N–H and O–H groups in total.